The maximum Gasteiger partial charge on any atom is 0.141 e. The average molecular weight is 248 g/mol. The minimum Gasteiger partial charge on any atom is -0.310 e. The minimum absolute atomic E-state index is 0.706. The van der Waals surface area contributed by atoms with Crippen molar-refractivity contribution in [2.45, 2.75) is 13.5 Å². The summed E-state index contributed by atoms with van der Waals surface area (Å²) in [6.07, 6.45) is 3.67. The quantitative estimate of drug-likeness (QED) is 0.903. The molecule has 0 amide bonds. The van der Waals surface area contributed by atoms with Gasteiger partial charge in [-0.2, -0.15) is 0 Å². The van der Waals surface area contributed by atoms with Gasteiger partial charge in [-0.15, -0.1) is 0 Å². The summed E-state index contributed by atoms with van der Waals surface area (Å²) in [5.41, 5.74) is 2.08. The Hall–Kier alpha value is -1.45. The molecule has 1 aromatic carbocycles. The van der Waals surface area contributed by atoms with E-state index in [-0.39, 0.29) is 0 Å². The average Bonchev–Trinajstić information content (AvgIpc) is 2.38. The van der Waals surface area contributed by atoms with Crippen LogP contribution in [-0.2, 0) is 6.54 Å². The van der Waals surface area contributed by atoms with Gasteiger partial charge in [0.25, 0.3) is 0 Å². The summed E-state index contributed by atoms with van der Waals surface area (Å²) in [7, 11) is 0. The highest BCUT2D eigenvalue weighted by Crippen LogP contribution is 2.19. The van der Waals surface area contributed by atoms with Gasteiger partial charge in [0, 0.05) is 23.0 Å². The highest BCUT2D eigenvalue weighted by molar-refractivity contribution is 6.30. The van der Waals surface area contributed by atoms with Crippen LogP contribution in [-0.4, -0.2) is 16.5 Å². The number of nitrogens with one attached hydrogen (secondary N) is 1. The van der Waals surface area contributed by atoms with Crippen LogP contribution in [0.1, 0.15) is 12.7 Å². The first-order valence-corrected chi connectivity index (χ1v) is 5.95. The van der Waals surface area contributed by atoms with Crippen molar-refractivity contribution in [3.05, 3.63) is 47.5 Å². The summed E-state index contributed by atoms with van der Waals surface area (Å²) < 4.78 is 0. The number of nitrogens with zero attached hydrogens (tertiary/aromatic N) is 2. The zero-order valence-electron chi connectivity index (χ0n) is 9.65. The maximum absolute atomic E-state index is 5.84. The smallest absolute Gasteiger partial charge is 0.141 e. The number of aromatic nitrogens is 2. The lowest BCUT2D eigenvalue weighted by Crippen LogP contribution is -2.14. The highest BCUT2D eigenvalue weighted by atomic mass is 35.5. The zero-order valence-corrected chi connectivity index (χ0v) is 10.4. The summed E-state index contributed by atoms with van der Waals surface area (Å²) in [5, 5.41) is 3.92. The lowest BCUT2D eigenvalue weighted by Gasteiger charge is -2.03. The number of halogens is 1. The molecule has 1 N–H and O–H groups in total. The Bertz CT molecular complexity index is 465. The SMILES string of the molecule is CCNCc1ncc(-c2ccc(Cl)cc2)cn1. The molecule has 2 rings (SSSR count). The molecule has 1 heterocycles. The molecule has 17 heavy (non-hydrogen) atoms. The maximum atomic E-state index is 5.84. The second-order valence-corrected chi connectivity index (χ2v) is 4.11. The fourth-order valence-electron chi connectivity index (χ4n) is 1.47. The second-order valence-electron chi connectivity index (χ2n) is 3.68. The van der Waals surface area contributed by atoms with Crippen LogP contribution in [0.5, 0.6) is 0 Å². The van der Waals surface area contributed by atoms with Crippen LogP contribution in [0.2, 0.25) is 5.02 Å². The Morgan fingerprint density at radius 3 is 2.29 bits per heavy atom. The van der Waals surface area contributed by atoms with Crippen LogP contribution < -0.4 is 5.32 Å². The Morgan fingerprint density at radius 2 is 1.71 bits per heavy atom. The van der Waals surface area contributed by atoms with Gasteiger partial charge < -0.3 is 5.32 Å². The van der Waals surface area contributed by atoms with Crippen LogP contribution in [0.3, 0.4) is 0 Å². The molecule has 0 radical (unpaired) electrons. The summed E-state index contributed by atoms with van der Waals surface area (Å²) in [4.78, 5) is 8.62. The molecule has 1 aromatic heterocycles. The molecule has 0 spiro atoms. The van der Waals surface area contributed by atoms with Gasteiger partial charge in [-0.1, -0.05) is 30.7 Å². The molecule has 0 fully saturated rings. The van der Waals surface area contributed by atoms with Crippen molar-refractivity contribution >= 4 is 11.6 Å². The van der Waals surface area contributed by atoms with Crippen LogP contribution in [0.4, 0.5) is 0 Å². The number of hydrogen-bond donors (Lipinski definition) is 1. The Kier molecular flexibility index (Phi) is 4.07. The fourth-order valence-corrected chi connectivity index (χ4v) is 1.60. The number of hydrogen-bond acceptors (Lipinski definition) is 3. The third kappa shape index (κ3) is 3.25. The van der Waals surface area contributed by atoms with Crippen molar-refractivity contribution in [2.75, 3.05) is 6.54 Å². The molecule has 3 nitrogen and oxygen atoms in total. The van der Waals surface area contributed by atoms with Crippen molar-refractivity contribution < 1.29 is 0 Å². The van der Waals surface area contributed by atoms with Crippen molar-refractivity contribution in [2.24, 2.45) is 0 Å². The summed E-state index contributed by atoms with van der Waals surface area (Å²) >= 11 is 5.84. The molecule has 0 aliphatic rings. The molecule has 88 valence electrons. The van der Waals surface area contributed by atoms with Gasteiger partial charge in [0.05, 0.1) is 6.54 Å². The van der Waals surface area contributed by atoms with Crippen LogP contribution >= 0.6 is 11.6 Å². The predicted octanol–water partition coefficient (Wildman–Crippen LogP) is 2.91. The molecular weight excluding hydrogens is 234 g/mol. The number of rotatable bonds is 4. The Balaban J connectivity index is 2.14. The third-order valence-corrected chi connectivity index (χ3v) is 2.67. The van der Waals surface area contributed by atoms with E-state index in [9.17, 15) is 0 Å². The van der Waals surface area contributed by atoms with Crippen LogP contribution in [0, 0.1) is 0 Å². The van der Waals surface area contributed by atoms with E-state index in [1.165, 1.54) is 0 Å². The minimum atomic E-state index is 0.706. The standard InChI is InChI=1S/C13H14ClN3/c1-2-15-9-13-16-7-11(8-17-13)10-3-5-12(14)6-4-10/h3-8,15H,2,9H2,1H3. The first-order chi connectivity index (χ1) is 8.29. The Morgan fingerprint density at radius 1 is 1.06 bits per heavy atom. The van der Waals surface area contributed by atoms with E-state index in [1.807, 2.05) is 36.7 Å². The number of benzene rings is 1. The molecule has 2 aromatic rings. The molecule has 0 aliphatic carbocycles. The van der Waals surface area contributed by atoms with Gasteiger partial charge in [-0.25, -0.2) is 9.97 Å². The van der Waals surface area contributed by atoms with Crippen molar-refractivity contribution in [1.82, 2.24) is 15.3 Å². The van der Waals surface area contributed by atoms with E-state index >= 15 is 0 Å². The largest absolute Gasteiger partial charge is 0.310 e. The molecule has 4 heteroatoms. The van der Waals surface area contributed by atoms with Gasteiger partial charge in [0.2, 0.25) is 0 Å². The van der Waals surface area contributed by atoms with Gasteiger partial charge in [-0.05, 0) is 24.2 Å². The second kappa shape index (κ2) is 5.75. The molecule has 0 atom stereocenters. The molecular formula is C13H14ClN3. The topological polar surface area (TPSA) is 37.8 Å². The first-order valence-electron chi connectivity index (χ1n) is 5.57. The van der Waals surface area contributed by atoms with Crippen molar-refractivity contribution in [3.8, 4) is 11.1 Å². The molecule has 0 saturated carbocycles. The Labute approximate surface area is 106 Å². The van der Waals surface area contributed by atoms with E-state index in [1.54, 1.807) is 0 Å². The highest BCUT2D eigenvalue weighted by Gasteiger charge is 2.00. The lowest BCUT2D eigenvalue weighted by molar-refractivity contribution is 0.690. The summed E-state index contributed by atoms with van der Waals surface area (Å²) in [6, 6.07) is 7.66. The summed E-state index contributed by atoms with van der Waals surface area (Å²) in [6.45, 7) is 3.68. The van der Waals surface area contributed by atoms with Crippen LogP contribution in [0.15, 0.2) is 36.7 Å². The van der Waals surface area contributed by atoms with E-state index < -0.39 is 0 Å². The van der Waals surface area contributed by atoms with Crippen molar-refractivity contribution in [3.63, 3.8) is 0 Å². The fraction of sp³-hybridized carbons (Fsp3) is 0.231. The van der Waals surface area contributed by atoms with E-state index in [4.69, 9.17) is 11.6 Å². The van der Waals surface area contributed by atoms with E-state index in [0.717, 1.165) is 28.5 Å². The molecule has 0 unspecified atom stereocenters. The van der Waals surface area contributed by atoms with Gasteiger partial charge in [0.15, 0.2) is 0 Å². The zero-order chi connectivity index (χ0) is 12.1. The third-order valence-electron chi connectivity index (χ3n) is 2.42. The van der Waals surface area contributed by atoms with Crippen LogP contribution in [0.25, 0.3) is 11.1 Å². The van der Waals surface area contributed by atoms with Gasteiger partial charge in [-0.3, -0.25) is 0 Å². The first kappa shape index (κ1) is 12.0. The van der Waals surface area contributed by atoms with Gasteiger partial charge >= 0.3 is 0 Å². The normalized spacial score (nSPS) is 10.5. The van der Waals surface area contributed by atoms with Crippen molar-refractivity contribution in [1.29, 1.82) is 0 Å². The lowest BCUT2D eigenvalue weighted by atomic mass is 10.1. The summed E-state index contributed by atoms with van der Waals surface area (Å²) in [5.74, 6) is 0.810. The van der Waals surface area contributed by atoms with E-state index in [0.29, 0.717) is 6.54 Å². The monoisotopic (exact) mass is 247 g/mol. The molecule has 0 saturated heterocycles. The van der Waals surface area contributed by atoms with E-state index in [2.05, 4.69) is 22.2 Å². The predicted molar refractivity (Wildman–Crippen MR) is 69.9 cm³/mol. The van der Waals surface area contributed by atoms with Gasteiger partial charge in [0.1, 0.15) is 5.82 Å². The molecule has 0 aliphatic heterocycles. The molecule has 0 bridgehead atoms.